The Bertz CT molecular complexity index is 589. The topological polar surface area (TPSA) is 54.9 Å². The maximum Gasteiger partial charge on any atom is 0.222 e. The third kappa shape index (κ3) is 2.41. The van der Waals surface area contributed by atoms with Gasteiger partial charge in [-0.25, -0.2) is 9.97 Å². The molecule has 92 valence electrons. The van der Waals surface area contributed by atoms with Crippen molar-refractivity contribution >= 4 is 23.1 Å². The van der Waals surface area contributed by atoms with Gasteiger partial charge in [0, 0.05) is 25.2 Å². The van der Waals surface area contributed by atoms with Crippen LogP contribution < -0.4 is 5.32 Å². The number of amides is 1. The van der Waals surface area contributed by atoms with Gasteiger partial charge in [-0.2, -0.15) is 0 Å². The smallest absolute Gasteiger partial charge is 0.222 e. The van der Waals surface area contributed by atoms with Crippen LogP contribution in [0.1, 0.15) is 30.7 Å². The fraction of sp³-hybridized carbons (Fsp3) is 0.308. The van der Waals surface area contributed by atoms with E-state index in [0.29, 0.717) is 11.7 Å². The molecule has 0 radical (unpaired) electrons. The monoisotopic (exact) mass is 259 g/mol. The van der Waals surface area contributed by atoms with Gasteiger partial charge in [0.25, 0.3) is 0 Å². The van der Waals surface area contributed by atoms with Crippen molar-refractivity contribution in [3.05, 3.63) is 29.5 Å². The van der Waals surface area contributed by atoms with Gasteiger partial charge < -0.3 is 5.32 Å². The van der Waals surface area contributed by atoms with Crippen LogP contribution in [0.15, 0.2) is 24.5 Å². The molecule has 1 aliphatic carbocycles. The number of anilines is 1. The summed E-state index contributed by atoms with van der Waals surface area (Å²) in [6, 6.07) is 3.82. The highest BCUT2D eigenvalue weighted by Crippen LogP contribution is 2.43. The number of pyridine rings is 1. The lowest BCUT2D eigenvalue weighted by atomic mass is 10.2. The average molecular weight is 259 g/mol. The van der Waals surface area contributed by atoms with Crippen molar-refractivity contribution in [2.24, 2.45) is 0 Å². The summed E-state index contributed by atoms with van der Waals surface area (Å²) in [7, 11) is 0. The molecule has 2 heterocycles. The maximum atomic E-state index is 11.0. The first-order valence-corrected chi connectivity index (χ1v) is 6.74. The Labute approximate surface area is 109 Å². The van der Waals surface area contributed by atoms with E-state index in [1.807, 2.05) is 18.3 Å². The van der Waals surface area contributed by atoms with E-state index in [4.69, 9.17) is 0 Å². The molecule has 0 unspecified atom stereocenters. The van der Waals surface area contributed by atoms with E-state index >= 15 is 0 Å². The van der Waals surface area contributed by atoms with Gasteiger partial charge in [-0.3, -0.25) is 4.79 Å². The minimum Gasteiger partial charge on any atom is -0.311 e. The number of rotatable bonds is 3. The van der Waals surface area contributed by atoms with Gasteiger partial charge >= 0.3 is 0 Å². The molecule has 1 fully saturated rings. The van der Waals surface area contributed by atoms with E-state index in [2.05, 4.69) is 15.3 Å². The van der Waals surface area contributed by atoms with Gasteiger partial charge in [-0.15, -0.1) is 11.3 Å². The molecule has 1 N–H and O–H groups in total. The first-order valence-electron chi connectivity index (χ1n) is 5.92. The number of thiazole rings is 1. The fourth-order valence-electron chi connectivity index (χ4n) is 1.77. The second-order valence-corrected chi connectivity index (χ2v) is 5.51. The molecule has 0 aliphatic heterocycles. The molecule has 5 heteroatoms. The predicted molar refractivity (Wildman–Crippen MR) is 71.6 cm³/mol. The van der Waals surface area contributed by atoms with Gasteiger partial charge in [0.2, 0.25) is 5.91 Å². The average Bonchev–Trinajstić information content (AvgIpc) is 3.07. The molecule has 0 saturated heterocycles. The molecule has 3 rings (SSSR count). The summed E-state index contributed by atoms with van der Waals surface area (Å²) in [6.45, 7) is 1.48. The van der Waals surface area contributed by atoms with Crippen molar-refractivity contribution in [3.8, 4) is 10.4 Å². The van der Waals surface area contributed by atoms with E-state index in [-0.39, 0.29) is 5.91 Å². The largest absolute Gasteiger partial charge is 0.311 e. The molecular formula is C13H13N3OS. The quantitative estimate of drug-likeness (QED) is 0.921. The van der Waals surface area contributed by atoms with Crippen molar-refractivity contribution in [3.63, 3.8) is 0 Å². The second-order valence-electron chi connectivity index (χ2n) is 4.45. The van der Waals surface area contributed by atoms with Crippen LogP contribution >= 0.6 is 11.3 Å². The minimum absolute atomic E-state index is 0.109. The van der Waals surface area contributed by atoms with Crippen molar-refractivity contribution < 1.29 is 4.79 Å². The zero-order valence-electron chi connectivity index (χ0n) is 10.0. The van der Waals surface area contributed by atoms with Crippen LogP contribution in [-0.4, -0.2) is 15.9 Å². The SMILES string of the molecule is CC(=O)Nc1cc(-c2cnc(C3CC3)s2)ccn1. The second kappa shape index (κ2) is 4.49. The fourth-order valence-corrected chi connectivity index (χ4v) is 2.86. The van der Waals surface area contributed by atoms with Crippen LogP contribution in [0.5, 0.6) is 0 Å². The number of nitrogens with zero attached hydrogens (tertiary/aromatic N) is 2. The third-order valence-corrected chi connectivity index (χ3v) is 4.01. The van der Waals surface area contributed by atoms with E-state index < -0.39 is 0 Å². The Morgan fingerprint density at radius 2 is 2.28 bits per heavy atom. The Morgan fingerprint density at radius 3 is 3.00 bits per heavy atom. The van der Waals surface area contributed by atoms with Crippen molar-refractivity contribution in [2.75, 3.05) is 5.32 Å². The number of carbonyl (C=O) groups is 1. The number of nitrogens with one attached hydrogen (secondary N) is 1. The summed E-state index contributed by atoms with van der Waals surface area (Å²) < 4.78 is 0. The van der Waals surface area contributed by atoms with Gasteiger partial charge in [0.05, 0.1) is 9.88 Å². The highest BCUT2D eigenvalue weighted by molar-refractivity contribution is 7.15. The zero-order valence-corrected chi connectivity index (χ0v) is 10.8. The standard InChI is InChI=1S/C13H13N3OS/c1-8(17)16-12-6-10(4-5-14-12)11-7-15-13(18-11)9-2-3-9/h4-7,9H,2-3H2,1H3,(H,14,16,17). The Kier molecular flexibility index (Phi) is 2.83. The van der Waals surface area contributed by atoms with Gasteiger partial charge in [0.1, 0.15) is 5.82 Å². The number of hydrogen-bond donors (Lipinski definition) is 1. The molecule has 1 amide bonds. The molecule has 1 aliphatic rings. The van der Waals surface area contributed by atoms with Crippen LogP contribution in [0.25, 0.3) is 10.4 Å². The minimum atomic E-state index is -0.109. The number of aromatic nitrogens is 2. The first kappa shape index (κ1) is 11.3. The van der Waals surface area contributed by atoms with Gasteiger partial charge in [0.15, 0.2) is 0 Å². The molecule has 0 spiro atoms. The van der Waals surface area contributed by atoms with E-state index in [0.717, 1.165) is 10.4 Å². The molecule has 0 aromatic carbocycles. The Hall–Kier alpha value is -1.75. The molecule has 4 nitrogen and oxygen atoms in total. The van der Waals surface area contributed by atoms with E-state index in [1.54, 1.807) is 17.5 Å². The highest BCUT2D eigenvalue weighted by Gasteiger charge is 2.26. The molecule has 18 heavy (non-hydrogen) atoms. The van der Waals surface area contributed by atoms with Crippen LogP contribution in [0.3, 0.4) is 0 Å². The van der Waals surface area contributed by atoms with Crippen LogP contribution in [0, 0.1) is 0 Å². The molecular weight excluding hydrogens is 246 g/mol. The number of hydrogen-bond acceptors (Lipinski definition) is 4. The highest BCUT2D eigenvalue weighted by atomic mass is 32.1. The lowest BCUT2D eigenvalue weighted by Gasteiger charge is -2.02. The van der Waals surface area contributed by atoms with Gasteiger partial charge in [-0.1, -0.05) is 0 Å². The summed E-state index contributed by atoms with van der Waals surface area (Å²) >= 11 is 1.73. The normalized spacial score (nSPS) is 14.5. The molecule has 0 bridgehead atoms. The van der Waals surface area contributed by atoms with Crippen LogP contribution in [-0.2, 0) is 4.79 Å². The zero-order chi connectivity index (χ0) is 12.5. The number of carbonyl (C=O) groups excluding carboxylic acids is 1. The third-order valence-electron chi connectivity index (χ3n) is 2.80. The molecule has 1 saturated carbocycles. The summed E-state index contributed by atoms with van der Waals surface area (Å²) in [4.78, 5) is 20.7. The molecule has 2 aromatic rings. The maximum absolute atomic E-state index is 11.0. The summed E-state index contributed by atoms with van der Waals surface area (Å²) in [6.07, 6.45) is 6.14. The molecule has 0 atom stereocenters. The van der Waals surface area contributed by atoms with E-state index in [9.17, 15) is 4.79 Å². The van der Waals surface area contributed by atoms with Crippen LogP contribution in [0.4, 0.5) is 5.82 Å². The Morgan fingerprint density at radius 1 is 1.44 bits per heavy atom. The lowest BCUT2D eigenvalue weighted by molar-refractivity contribution is -0.114. The van der Waals surface area contributed by atoms with Crippen molar-refractivity contribution in [2.45, 2.75) is 25.7 Å². The summed E-state index contributed by atoms with van der Waals surface area (Å²) in [5.74, 6) is 1.16. The summed E-state index contributed by atoms with van der Waals surface area (Å²) in [5.41, 5.74) is 1.05. The molecule has 2 aromatic heterocycles. The first-order chi connectivity index (χ1) is 8.72. The van der Waals surface area contributed by atoms with Crippen molar-refractivity contribution in [1.82, 2.24) is 9.97 Å². The predicted octanol–water partition coefficient (Wildman–Crippen LogP) is 3.04. The van der Waals surface area contributed by atoms with Gasteiger partial charge in [-0.05, 0) is 30.5 Å². The summed E-state index contributed by atoms with van der Waals surface area (Å²) in [5, 5.41) is 3.92. The van der Waals surface area contributed by atoms with Crippen LogP contribution in [0.2, 0.25) is 0 Å². The lowest BCUT2D eigenvalue weighted by Crippen LogP contribution is -2.06. The van der Waals surface area contributed by atoms with E-state index in [1.165, 1.54) is 24.8 Å². The Balaban J connectivity index is 1.87. The van der Waals surface area contributed by atoms with Crippen molar-refractivity contribution in [1.29, 1.82) is 0 Å².